The molecule has 13 heavy (non-hydrogen) atoms. The number of unbranched alkanes of at least 4 members (excludes halogenated alkanes) is 1. The first-order chi connectivity index (χ1) is 6.06. The van der Waals surface area contributed by atoms with E-state index in [2.05, 4.69) is 48.8 Å². The molecule has 0 atom stereocenters. The van der Waals surface area contributed by atoms with Gasteiger partial charge in [-0.3, -0.25) is 0 Å². The van der Waals surface area contributed by atoms with Crippen molar-refractivity contribution in [1.29, 1.82) is 0 Å². The average molecular weight is 261 g/mol. The highest BCUT2D eigenvalue weighted by atomic mass is 79.9. The van der Waals surface area contributed by atoms with Gasteiger partial charge in [-0.05, 0) is 39.9 Å². The van der Waals surface area contributed by atoms with Gasteiger partial charge in [0, 0.05) is 4.88 Å². The highest BCUT2D eigenvalue weighted by Crippen LogP contribution is 2.35. The Morgan fingerprint density at radius 2 is 2.08 bits per heavy atom. The lowest BCUT2D eigenvalue weighted by atomic mass is 9.86. The van der Waals surface area contributed by atoms with Gasteiger partial charge in [-0.15, -0.1) is 11.3 Å². The van der Waals surface area contributed by atoms with Crippen LogP contribution < -0.4 is 0 Å². The average Bonchev–Trinajstić information content (AvgIpc) is 2.49. The monoisotopic (exact) mass is 260 g/mol. The summed E-state index contributed by atoms with van der Waals surface area (Å²) in [5.41, 5.74) is 0.354. The molecule has 2 heteroatoms. The Labute approximate surface area is 93.5 Å². The number of halogens is 1. The van der Waals surface area contributed by atoms with Crippen molar-refractivity contribution in [2.24, 2.45) is 0 Å². The van der Waals surface area contributed by atoms with Crippen molar-refractivity contribution >= 4 is 27.3 Å². The maximum atomic E-state index is 3.51. The van der Waals surface area contributed by atoms with Crippen LogP contribution in [0.5, 0.6) is 0 Å². The highest BCUT2D eigenvalue weighted by Gasteiger charge is 2.21. The van der Waals surface area contributed by atoms with Crippen molar-refractivity contribution in [3.05, 3.63) is 20.8 Å². The van der Waals surface area contributed by atoms with E-state index >= 15 is 0 Å². The van der Waals surface area contributed by atoms with Crippen molar-refractivity contribution < 1.29 is 0 Å². The third-order valence-corrected chi connectivity index (χ3v) is 4.39. The zero-order chi connectivity index (χ0) is 9.90. The summed E-state index contributed by atoms with van der Waals surface area (Å²) in [6.07, 6.45) is 3.90. The third-order valence-electron chi connectivity index (χ3n) is 2.40. The molecule has 0 nitrogen and oxygen atoms in total. The molecule has 0 aliphatic rings. The summed E-state index contributed by atoms with van der Waals surface area (Å²) in [6, 6.07) is 4.39. The second-order valence-electron chi connectivity index (χ2n) is 4.09. The zero-order valence-electron chi connectivity index (χ0n) is 8.56. The van der Waals surface area contributed by atoms with Crippen LogP contribution >= 0.6 is 27.3 Å². The fraction of sp³-hybridized carbons (Fsp3) is 0.636. The molecule has 0 spiro atoms. The van der Waals surface area contributed by atoms with Gasteiger partial charge in [0.2, 0.25) is 0 Å². The summed E-state index contributed by atoms with van der Waals surface area (Å²) in [5, 5.41) is 0. The van der Waals surface area contributed by atoms with Crippen LogP contribution in [-0.2, 0) is 5.41 Å². The van der Waals surface area contributed by atoms with Crippen LogP contribution in [0.3, 0.4) is 0 Å². The molecule has 74 valence electrons. The van der Waals surface area contributed by atoms with E-state index in [-0.39, 0.29) is 0 Å². The van der Waals surface area contributed by atoms with Crippen LogP contribution in [-0.4, -0.2) is 0 Å². The summed E-state index contributed by atoms with van der Waals surface area (Å²) < 4.78 is 1.24. The molecule has 1 aromatic heterocycles. The minimum absolute atomic E-state index is 0.354. The van der Waals surface area contributed by atoms with Crippen LogP contribution in [0.15, 0.2) is 15.9 Å². The first-order valence-corrected chi connectivity index (χ1v) is 6.43. The quantitative estimate of drug-likeness (QED) is 0.717. The Morgan fingerprint density at radius 1 is 1.38 bits per heavy atom. The Balaban J connectivity index is 2.68. The molecule has 0 unspecified atom stereocenters. The van der Waals surface area contributed by atoms with E-state index in [1.807, 2.05) is 11.3 Å². The van der Waals surface area contributed by atoms with Gasteiger partial charge in [0.1, 0.15) is 0 Å². The summed E-state index contributed by atoms with van der Waals surface area (Å²) in [6.45, 7) is 6.92. The molecule has 0 bridgehead atoms. The Kier molecular flexibility index (Phi) is 3.99. The van der Waals surface area contributed by atoms with E-state index < -0.39 is 0 Å². The molecule has 0 saturated heterocycles. The molecule has 0 saturated carbocycles. The van der Waals surface area contributed by atoms with E-state index in [9.17, 15) is 0 Å². The SMILES string of the molecule is CCCCC(C)(C)c1ccc(Br)s1. The fourth-order valence-electron chi connectivity index (χ4n) is 1.42. The number of thiophene rings is 1. The van der Waals surface area contributed by atoms with Crippen molar-refractivity contribution in [2.45, 2.75) is 45.4 Å². The minimum atomic E-state index is 0.354. The van der Waals surface area contributed by atoms with E-state index in [4.69, 9.17) is 0 Å². The van der Waals surface area contributed by atoms with E-state index in [0.717, 1.165) is 0 Å². The Hall–Kier alpha value is 0.180. The van der Waals surface area contributed by atoms with Crippen LogP contribution in [0.1, 0.15) is 44.9 Å². The van der Waals surface area contributed by atoms with E-state index in [1.165, 1.54) is 27.9 Å². The Bertz CT molecular complexity index is 263. The van der Waals surface area contributed by atoms with Crippen LogP contribution in [0.4, 0.5) is 0 Å². The maximum Gasteiger partial charge on any atom is 0.0701 e. The van der Waals surface area contributed by atoms with Gasteiger partial charge in [-0.25, -0.2) is 0 Å². The zero-order valence-corrected chi connectivity index (χ0v) is 11.0. The number of rotatable bonds is 4. The molecule has 1 rings (SSSR count). The van der Waals surface area contributed by atoms with E-state index in [1.54, 1.807) is 0 Å². The van der Waals surface area contributed by atoms with Gasteiger partial charge < -0.3 is 0 Å². The predicted octanol–water partition coefficient (Wildman–Crippen LogP) is 4.98. The van der Waals surface area contributed by atoms with Gasteiger partial charge in [0.15, 0.2) is 0 Å². The lowest BCUT2D eigenvalue weighted by Gasteiger charge is -2.22. The minimum Gasteiger partial charge on any atom is -0.133 e. The lowest BCUT2D eigenvalue weighted by Crippen LogP contribution is -2.14. The van der Waals surface area contributed by atoms with Crippen LogP contribution in [0.2, 0.25) is 0 Å². The molecule has 1 heterocycles. The summed E-state index contributed by atoms with van der Waals surface area (Å²) in [4.78, 5) is 1.49. The summed E-state index contributed by atoms with van der Waals surface area (Å²) in [7, 11) is 0. The fourth-order valence-corrected chi connectivity index (χ4v) is 2.94. The second kappa shape index (κ2) is 4.61. The standard InChI is InChI=1S/C11H17BrS/c1-4-5-8-11(2,3)9-6-7-10(12)13-9/h6-7H,4-5,8H2,1-3H3. The molecule has 1 aromatic rings. The molecule has 0 fully saturated rings. The topological polar surface area (TPSA) is 0 Å². The van der Waals surface area contributed by atoms with Gasteiger partial charge >= 0.3 is 0 Å². The smallest absolute Gasteiger partial charge is 0.0701 e. The second-order valence-corrected chi connectivity index (χ2v) is 6.55. The van der Waals surface area contributed by atoms with Crippen molar-refractivity contribution in [3.63, 3.8) is 0 Å². The highest BCUT2D eigenvalue weighted by molar-refractivity contribution is 9.11. The largest absolute Gasteiger partial charge is 0.133 e. The summed E-state index contributed by atoms with van der Waals surface area (Å²) in [5.74, 6) is 0. The van der Waals surface area contributed by atoms with Crippen LogP contribution in [0, 0.1) is 0 Å². The first-order valence-electron chi connectivity index (χ1n) is 4.82. The molecule has 0 aliphatic heterocycles. The number of hydrogen-bond acceptors (Lipinski definition) is 1. The molecule has 0 aromatic carbocycles. The molecule has 0 radical (unpaired) electrons. The molecular weight excluding hydrogens is 244 g/mol. The predicted molar refractivity (Wildman–Crippen MR) is 64.6 cm³/mol. The van der Waals surface area contributed by atoms with Gasteiger partial charge in [0.05, 0.1) is 3.79 Å². The molecule has 0 amide bonds. The molecule has 0 aliphatic carbocycles. The summed E-state index contributed by atoms with van der Waals surface area (Å²) >= 11 is 5.37. The lowest BCUT2D eigenvalue weighted by molar-refractivity contribution is 0.466. The maximum absolute atomic E-state index is 3.51. The Morgan fingerprint density at radius 3 is 2.54 bits per heavy atom. The van der Waals surface area contributed by atoms with Gasteiger partial charge in [-0.2, -0.15) is 0 Å². The molecular formula is C11H17BrS. The van der Waals surface area contributed by atoms with E-state index in [0.29, 0.717) is 5.41 Å². The third kappa shape index (κ3) is 3.10. The van der Waals surface area contributed by atoms with Crippen molar-refractivity contribution in [1.82, 2.24) is 0 Å². The van der Waals surface area contributed by atoms with Gasteiger partial charge in [-0.1, -0.05) is 33.6 Å². The van der Waals surface area contributed by atoms with Crippen molar-refractivity contribution in [3.8, 4) is 0 Å². The molecule has 0 N–H and O–H groups in total. The normalized spacial score (nSPS) is 12.0. The van der Waals surface area contributed by atoms with Gasteiger partial charge in [0.25, 0.3) is 0 Å². The van der Waals surface area contributed by atoms with Crippen molar-refractivity contribution in [2.75, 3.05) is 0 Å². The number of hydrogen-bond donors (Lipinski definition) is 0. The van der Waals surface area contributed by atoms with Crippen LogP contribution in [0.25, 0.3) is 0 Å². The first kappa shape index (κ1) is 11.3.